The van der Waals surface area contributed by atoms with Gasteiger partial charge in [-0.25, -0.2) is 4.98 Å². The molecule has 1 heterocycles. The van der Waals surface area contributed by atoms with Gasteiger partial charge in [-0.1, -0.05) is 20.3 Å². The van der Waals surface area contributed by atoms with Gasteiger partial charge in [0.15, 0.2) is 0 Å². The Balaban J connectivity index is 2.91. The summed E-state index contributed by atoms with van der Waals surface area (Å²) in [4.78, 5) is 6.22. The average molecular weight is 218 g/mol. The first-order valence-corrected chi connectivity index (χ1v) is 5.45. The summed E-state index contributed by atoms with van der Waals surface area (Å²) in [5.74, 6) is 1.29. The van der Waals surface area contributed by atoms with E-state index in [1.807, 2.05) is 11.9 Å². The third-order valence-corrected chi connectivity index (χ3v) is 2.65. The van der Waals surface area contributed by atoms with Crippen LogP contribution in [0.3, 0.4) is 0 Å². The SMILES string of the molecule is CCC(C)CN(C)c1ncc(N)cc1C#N. The van der Waals surface area contributed by atoms with Crippen molar-refractivity contribution in [2.24, 2.45) is 5.92 Å². The van der Waals surface area contributed by atoms with Gasteiger partial charge in [-0.15, -0.1) is 0 Å². The van der Waals surface area contributed by atoms with E-state index in [0.717, 1.165) is 13.0 Å². The number of pyridine rings is 1. The highest BCUT2D eigenvalue weighted by molar-refractivity contribution is 5.58. The summed E-state index contributed by atoms with van der Waals surface area (Å²) < 4.78 is 0. The number of anilines is 2. The number of aromatic nitrogens is 1. The minimum Gasteiger partial charge on any atom is -0.397 e. The minimum absolute atomic E-state index is 0.525. The first-order valence-electron chi connectivity index (χ1n) is 5.45. The molecule has 1 unspecified atom stereocenters. The molecule has 2 N–H and O–H groups in total. The molecule has 1 aromatic heterocycles. The highest BCUT2D eigenvalue weighted by Crippen LogP contribution is 2.19. The lowest BCUT2D eigenvalue weighted by molar-refractivity contribution is 0.557. The molecule has 1 aromatic rings. The molecule has 0 aromatic carbocycles. The third kappa shape index (κ3) is 2.86. The van der Waals surface area contributed by atoms with E-state index in [2.05, 4.69) is 24.9 Å². The molecule has 0 spiro atoms. The van der Waals surface area contributed by atoms with Gasteiger partial charge in [0, 0.05) is 13.6 Å². The zero-order chi connectivity index (χ0) is 12.1. The Bertz CT molecular complexity index is 394. The standard InChI is InChI=1S/C12H18N4/c1-4-9(2)8-16(3)12-10(6-13)5-11(14)7-15-12/h5,7,9H,4,8,14H2,1-3H3. The van der Waals surface area contributed by atoms with Crippen molar-refractivity contribution in [3.05, 3.63) is 17.8 Å². The molecule has 4 heteroatoms. The number of hydrogen-bond acceptors (Lipinski definition) is 4. The lowest BCUT2D eigenvalue weighted by Gasteiger charge is -2.22. The van der Waals surface area contributed by atoms with Crippen LogP contribution in [0.15, 0.2) is 12.3 Å². The van der Waals surface area contributed by atoms with Crippen molar-refractivity contribution in [3.8, 4) is 6.07 Å². The zero-order valence-electron chi connectivity index (χ0n) is 10.1. The summed E-state index contributed by atoms with van der Waals surface area (Å²) in [7, 11) is 1.95. The zero-order valence-corrected chi connectivity index (χ0v) is 10.1. The van der Waals surface area contributed by atoms with Crippen molar-refractivity contribution < 1.29 is 0 Å². The van der Waals surface area contributed by atoms with Crippen LogP contribution in [0.5, 0.6) is 0 Å². The maximum atomic E-state index is 9.01. The molecular formula is C12H18N4. The van der Waals surface area contributed by atoms with Gasteiger partial charge in [-0.3, -0.25) is 0 Å². The molecular weight excluding hydrogens is 200 g/mol. The number of nitrogens with two attached hydrogens (primary N) is 1. The van der Waals surface area contributed by atoms with E-state index in [-0.39, 0.29) is 0 Å². The predicted octanol–water partition coefficient (Wildman–Crippen LogP) is 2.02. The van der Waals surface area contributed by atoms with Crippen molar-refractivity contribution in [3.63, 3.8) is 0 Å². The van der Waals surface area contributed by atoms with Crippen LogP contribution >= 0.6 is 0 Å². The van der Waals surface area contributed by atoms with Gasteiger partial charge in [0.05, 0.1) is 17.4 Å². The van der Waals surface area contributed by atoms with Crippen LogP contribution in [0, 0.1) is 17.2 Å². The number of nitrogens with zero attached hydrogens (tertiary/aromatic N) is 3. The molecule has 0 fully saturated rings. The fourth-order valence-corrected chi connectivity index (χ4v) is 1.54. The van der Waals surface area contributed by atoms with Crippen LogP contribution in [-0.2, 0) is 0 Å². The third-order valence-electron chi connectivity index (χ3n) is 2.65. The summed E-state index contributed by atoms with van der Waals surface area (Å²) >= 11 is 0. The van der Waals surface area contributed by atoms with Crippen LogP contribution in [-0.4, -0.2) is 18.6 Å². The largest absolute Gasteiger partial charge is 0.397 e. The molecule has 1 atom stereocenters. The maximum Gasteiger partial charge on any atom is 0.146 e. The van der Waals surface area contributed by atoms with Crippen molar-refractivity contribution in [1.29, 1.82) is 5.26 Å². The monoisotopic (exact) mass is 218 g/mol. The second-order valence-corrected chi connectivity index (χ2v) is 4.15. The van der Waals surface area contributed by atoms with E-state index in [4.69, 9.17) is 11.0 Å². The van der Waals surface area contributed by atoms with Gasteiger partial charge in [0.1, 0.15) is 11.9 Å². The molecule has 0 bridgehead atoms. The first kappa shape index (κ1) is 12.3. The molecule has 0 radical (unpaired) electrons. The molecule has 0 aliphatic rings. The van der Waals surface area contributed by atoms with Crippen LogP contribution in [0.25, 0.3) is 0 Å². The van der Waals surface area contributed by atoms with Crippen LogP contribution in [0.1, 0.15) is 25.8 Å². The summed E-state index contributed by atoms with van der Waals surface area (Å²) in [6.07, 6.45) is 2.70. The van der Waals surface area contributed by atoms with Gasteiger partial charge in [-0.2, -0.15) is 5.26 Å². The van der Waals surface area contributed by atoms with Gasteiger partial charge >= 0.3 is 0 Å². The minimum atomic E-state index is 0.525. The van der Waals surface area contributed by atoms with E-state index in [1.165, 1.54) is 0 Å². The summed E-state index contributed by atoms with van der Waals surface area (Å²) in [6, 6.07) is 3.79. The second-order valence-electron chi connectivity index (χ2n) is 4.15. The van der Waals surface area contributed by atoms with Crippen molar-refractivity contribution in [2.45, 2.75) is 20.3 Å². The van der Waals surface area contributed by atoms with Crippen molar-refractivity contribution >= 4 is 11.5 Å². The van der Waals surface area contributed by atoms with Crippen LogP contribution < -0.4 is 10.6 Å². The fraction of sp³-hybridized carbons (Fsp3) is 0.500. The molecule has 16 heavy (non-hydrogen) atoms. The lowest BCUT2D eigenvalue weighted by atomic mass is 10.1. The normalized spacial score (nSPS) is 11.9. The molecule has 0 amide bonds. The first-order chi connectivity index (χ1) is 7.58. The highest BCUT2D eigenvalue weighted by atomic mass is 15.2. The Kier molecular flexibility index (Phi) is 4.12. The van der Waals surface area contributed by atoms with E-state index in [0.29, 0.717) is 23.0 Å². The van der Waals surface area contributed by atoms with E-state index >= 15 is 0 Å². The highest BCUT2D eigenvalue weighted by Gasteiger charge is 2.11. The van der Waals surface area contributed by atoms with Gasteiger partial charge < -0.3 is 10.6 Å². The molecule has 0 saturated heterocycles. The van der Waals surface area contributed by atoms with E-state index in [9.17, 15) is 0 Å². The van der Waals surface area contributed by atoms with Gasteiger partial charge in [0.2, 0.25) is 0 Å². The lowest BCUT2D eigenvalue weighted by Crippen LogP contribution is -2.25. The molecule has 0 saturated carbocycles. The average Bonchev–Trinajstić information content (AvgIpc) is 2.28. The Labute approximate surface area is 96.7 Å². The summed E-state index contributed by atoms with van der Waals surface area (Å²) in [6.45, 7) is 5.22. The Morgan fingerprint density at radius 2 is 2.31 bits per heavy atom. The van der Waals surface area contributed by atoms with Crippen LogP contribution in [0.2, 0.25) is 0 Å². The topological polar surface area (TPSA) is 65.9 Å². The molecule has 1 rings (SSSR count). The van der Waals surface area contributed by atoms with Crippen LogP contribution in [0.4, 0.5) is 11.5 Å². The second kappa shape index (κ2) is 5.36. The Morgan fingerprint density at radius 3 is 2.88 bits per heavy atom. The molecule has 86 valence electrons. The number of nitriles is 1. The number of rotatable bonds is 4. The van der Waals surface area contributed by atoms with Gasteiger partial charge in [0.25, 0.3) is 0 Å². The van der Waals surface area contributed by atoms with E-state index in [1.54, 1.807) is 12.3 Å². The molecule has 0 aliphatic heterocycles. The molecule has 4 nitrogen and oxygen atoms in total. The Hall–Kier alpha value is -1.76. The Morgan fingerprint density at radius 1 is 1.62 bits per heavy atom. The predicted molar refractivity (Wildman–Crippen MR) is 66.1 cm³/mol. The smallest absolute Gasteiger partial charge is 0.146 e. The number of nitrogen functional groups attached to an aromatic ring is 1. The maximum absolute atomic E-state index is 9.01. The van der Waals surface area contributed by atoms with Crippen molar-refractivity contribution in [2.75, 3.05) is 24.2 Å². The van der Waals surface area contributed by atoms with Gasteiger partial charge in [-0.05, 0) is 12.0 Å². The summed E-state index contributed by atoms with van der Waals surface area (Å²) in [5.41, 5.74) is 6.66. The number of hydrogen-bond donors (Lipinski definition) is 1. The fourth-order valence-electron chi connectivity index (χ4n) is 1.54. The molecule has 0 aliphatic carbocycles. The quantitative estimate of drug-likeness (QED) is 0.839. The van der Waals surface area contributed by atoms with E-state index < -0.39 is 0 Å². The summed E-state index contributed by atoms with van der Waals surface area (Å²) in [5, 5.41) is 9.01. The van der Waals surface area contributed by atoms with Crippen molar-refractivity contribution in [1.82, 2.24) is 4.98 Å².